The molecule has 21 heavy (non-hydrogen) atoms. The van der Waals surface area contributed by atoms with Crippen molar-refractivity contribution in [2.45, 2.75) is 64.4 Å². The van der Waals surface area contributed by atoms with Gasteiger partial charge in [-0.3, -0.25) is 0 Å². The van der Waals surface area contributed by atoms with Gasteiger partial charge in [-0.25, -0.2) is 4.79 Å². The van der Waals surface area contributed by atoms with Crippen molar-refractivity contribution in [2.24, 2.45) is 5.92 Å². The predicted molar refractivity (Wildman–Crippen MR) is 83.8 cm³/mol. The van der Waals surface area contributed by atoms with Crippen molar-refractivity contribution in [2.75, 3.05) is 0 Å². The van der Waals surface area contributed by atoms with Crippen LogP contribution in [0.1, 0.15) is 58.9 Å². The Labute approximate surface area is 127 Å². The van der Waals surface area contributed by atoms with Gasteiger partial charge in [0.05, 0.1) is 0 Å². The number of benzene rings is 1. The fraction of sp³-hybridized carbons (Fsp3) is 0.611. The topological polar surface area (TPSA) is 46.5 Å². The third-order valence-electron chi connectivity index (χ3n) is 5.07. The van der Waals surface area contributed by atoms with Gasteiger partial charge in [0.15, 0.2) is 5.60 Å². The van der Waals surface area contributed by atoms with E-state index in [2.05, 4.69) is 26.0 Å². The first-order chi connectivity index (χ1) is 9.75. The number of aliphatic carboxylic acids is 1. The summed E-state index contributed by atoms with van der Waals surface area (Å²) in [6.45, 7) is 7.80. The maximum atomic E-state index is 11.1. The van der Waals surface area contributed by atoms with Crippen molar-refractivity contribution < 1.29 is 14.6 Å². The molecule has 3 heteroatoms. The van der Waals surface area contributed by atoms with E-state index in [9.17, 15) is 4.79 Å². The molecule has 2 rings (SSSR count). The predicted octanol–water partition coefficient (Wildman–Crippen LogP) is 4.40. The molecular formula is C18H26O3. The molecule has 1 saturated carbocycles. The fourth-order valence-corrected chi connectivity index (χ4v) is 3.18. The second-order valence-electron chi connectivity index (χ2n) is 7.01. The van der Waals surface area contributed by atoms with Gasteiger partial charge in [-0.1, -0.05) is 38.8 Å². The van der Waals surface area contributed by atoms with Gasteiger partial charge in [0, 0.05) is 0 Å². The van der Waals surface area contributed by atoms with Crippen molar-refractivity contribution in [3.05, 3.63) is 29.8 Å². The highest BCUT2D eigenvalue weighted by atomic mass is 16.5. The summed E-state index contributed by atoms with van der Waals surface area (Å²) in [6.07, 6.45) is 5.10. The summed E-state index contributed by atoms with van der Waals surface area (Å²) in [5.74, 6) is 0.325. The molecule has 1 aromatic carbocycles. The Kier molecular flexibility index (Phi) is 4.31. The Balaban J connectivity index is 2.17. The number of hydrogen-bond donors (Lipinski definition) is 1. The molecule has 2 atom stereocenters. The molecule has 1 aliphatic carbocycles. The van der Waals surface area contributed by atoms with Crippen molar-refractivity contribution in [1.29, 1.82) is 0 Å². The molecule has 1 N–H and O–H groups in total. The molecule has 1 aromatic rings. The van der Waals surface area contributed by atoms with Gasteiger partial charge in [-0.2, -0.15) is 0 Å². The van der Waals surface area contributed by atoms with Crippen LogP contribution in [0.15, 0.2) is 24.3 Å². The number of carboxylic acids is 1. The number of carbonyl (C=O) groups is 1. The van der Waals surface area contributed by atoms with Crippen LogP contribution in [-0.4, -0.2) is 16.7 Å². The van der Waals surface area contributed by atoms with Crippen LogP contribution in [0.25, 0.3) is 0 Å². The lowest BCUT2D eigenvalue weighted by molar-refractivity contribution is -0.152. The summed E-state index contributed by atoms with van der Waals surface area (Å²) >= 11 is 0. The SMILES string of the molecule is CC1CCCCC1(C)c1ccc(OC(C)(C)C(=O)O)cc1. The maximum absolute atomic E-state index is 11.1. The van der Waals surface area contributed by atoms with Crippen molar-refractivity contribution in [3.8, 4) is 5.75 Å². The molecule has 0 radical (unpaired) electrons. The molecule has 0 saturated heterocycles. The first-order valence-corrected chi connectivity index (χ1v) is 7.79. The lowest BCUT2D eigenvalue weighted by Gasteiger charge is -2.40. The normalized spacial score (nSPS) is 26.4. The molecule has 1 fully saturated rings. The van der Waals surface area contributed by atoms with E-state index in [-0.39, 0.29) is 5.41 Å². The summed E-state index contributed by atoms with van der Waals surface area (Å²) in [6, 6.07) is 7.98. The summed E-state index contributed by atoms with van der Waals surface area (Å²) in [4.78, 5) is 11.1. The third-order valence-corrected chi connectivity index (χ3v) is 5.07. The van der Waals surface area contributed by atoms with Gasteiger partial charge in [-0.15, -0.1) is 0 Å². The molecule has 0 heterocycles. The van der Waals surface area contributed by atoms with Gasteiger partial charge in [-0.05, 0) is 55.7 Å². The van der Waals surface area contributed by atoms with Crippen LogP contribution >= 0.6 is 0 Å². The standard InChI is InChI=1S/C18H26O3/c1-13-7-5-6-12-18(13,4)14-8-10-15(11-9-14)21-17(2,3)16(19)20/h8-11,13H,5-7,12H2,1-4H3,(H,19,20). The summed E-state index contributed by atoms with van der Waals surface area (Å²) < 4.78 is 5.57. The van der Waals surface area contributed by atoms with E-state index in [1.165, 1.54) is 31.2 Å². The second kappa shape index (κ2) is 5.70. The van der Waals surface area contributed by atoms with E-state index in [0.29, 0.717) is 11.7 Å². The zero-order chi connectivity index (χ0) is 15.7. The number of rotatable bonds is 4. The maximum Gasteiger partial charge on any atom is 0.347 e. The number of hydrogen-bond acceptors (Lipinski definition) is 2. The van der Waals surface area contributed by atoms with E-state index in [1.807, 2.05) is 12.1 Å². The van der Waals surface area contributed by atoms with Crippen molar-refractivity contribution >= 4 is 5.97 Å². The highest BCUT2D eigenvalue weighted by molar-refractivity contribution is 5.76. The molecule has 0 amide bonds. The largest absolute Gasteiger partial charge is 0.478 e. The van der Waals surface area contributed by atoms with E-state index in [4.69, 9.17) is 9.84 Å². The van der Waals surface area contributed by atoms with Crippen molar-refractivity contribution in [3.63, 3.8) is 0 Å². The van der Waals surface area contributed by atoms with E-state index in [0.717, 1.165) is 0 Å². The van der Waals surface area contributed by atoms with Gasteiger partial charge in [0.25, 0.3) is 0 Å². The van der Waals surface area contributed by atoms with E-state index < -0.39 is 11.6 Å². The lowest BCUT2D eigenvalue weighted by Crippen LogP contribution is -2.38. The first-order valence-electron chi connectivity index (χ1n) is 7.79. The molecule has 0 aliphatic heterocycles. The minimum absolute atomic E-state index is 0.221. The van der Waals surface area contributed by atoms with Crippen LogP contribution in [0.5, 0.6) is 5.75 Å². The van der Waals surface area contributed by atoms with Crippen molar-refractivity contribution in [1.82, 2.24) is 0 Å². The van der Waals surface area contributed by atoms with Gasteiger partial charge >= 0.3 is 5.97 Å². The number of ether oxygens (including phenoxy) is 1. The molecule has 116 valence electrons. The van der Waals surface area contributed by atoms with Crippen LogP contribution < -0.4 is 4.74 Å². The Morgan fingerprint density at radius 3 is 2.43 bits per heavy atom. The highest BCUT2D eigenvalue weighted by Gasteiger charge is 2.35. The Morgan fingerprint density at radius 2 is 1.90 bits per heavy atom. The third kappa shape index (κ3) is 3.22. The van der Waals surface area contributed by atoms with Crippen LogP contribution in [0, 0.1) is 5.92 Å². The average molecular weight is 290 g/mol. The number of carboxylic acid groups (broad SMARTS) is 1. The van der Waals surface area contributed by atoms with Crippen LogP contribution in [0.3, 0.4) is 0 Å². The molecular weight excluding hydrogens is 264 g/mol. The zero-order valence-corrected chi connectivity index (χ0v) is 13.5. The summed E-state index contributed by atoms with van der Waals surface area (Å²) in [5.41, 5.74) is 0.345. The molecule has 1 aliphatic rings. The lowest BCUT2D eigenvalue weighted by atomic mass is 9.64. The van der Waals surface area contributed by atoms with E-state index >= 15 is 0 Å². The van der Waals surface area contributed by atoms with Crippen LogP contribution in [-0.2, 0) is 10.2 Å². The van der Waals surface area contributed by atoms with Gasteiger partial charge in [0.2, 0.25) is 0 Å². The van der Waals surface area contributed by atoms with Gasteiger partial charge < -0.3 is 9.84 Å². The summed E-state index contributed by atoms with van der Waals surface area (Å²) in [7, 11) is 0. The van der Waals surface area contributed by atoms with E-state index in [1.54, 1.807) is 13.8 Å². The Bertz CT molecular complexity index is 504. The average Bonchev–Trinajstić information content (AvgIpc) is 2.42. The molecule has 0 spiro atoms. The monoisotopic (exact) mass is 290 g/mol. The Morgan fingerprint density at radius 1 is 1.29 bits per heavy atom. The second-order valence-corrected chi connectivity index (χ2v) is 7.01. The highest BCUT2D eigenvalue weighted by Crippen LogP contribution is 2.43. The molecule has 0 aromatic heterocycles. The minimum Gasteiger partial charge on any atom is -0.478 e. The fourth-order valence-electron chi connectivity index (χ4n) is 3.18. The summed E-state index contributed by atoms with van der Waals surface area (Å²) in [5, 5.41) is 9.11. The van der Waals surface area contributed by atoms with Gasteiger partial charge in [0.1, 0.15) is 5.75 Å². The molecule has 2 unspecified atom stereocenters. The first kappa shape index (κ1) is 15.9. The quantitative estimate of drug-likeness (QED) is 0.894. The zero-order valence-electron chi connectivity index (χ0n) is 13.5. The molecule has 0 bridgehead atoms. The smallest absolute Gasteiger partial charge is 0.347 e. The molecule has 3 nitrogen and oxygen atoms in total. The van der Waals surface area contributed by atoms with Crippen LogP contribution in [0.4, 0.5) is 0 Å². The van der Waals surface area contributed by atoms with Crippen LogP contribution in [0.2, 0.25) is 0 Å². The minimum atomic E-state index is -1.20. The Hall–Kier alpha value is -1.51.